The van der Waals surface area contributed by atoms with E-state index in [-0.39, 0.29) is 12.5 Å². The number of anilines is 2. The van der Waals surface area contributed by atoms with Crippen molar-refractivity contribution in [3.63, 3.8) is 0 Å². The molecule has 0 atom stereocenters. The van der Waals surface area contributed by atoms with Crippen molar-refractivity contribution in [2.75, 3.05) is 23.9 Å². The van der Waals surface area contributed by atoms with Gasteiger partial charge < -0.3 is 15.0 Å². The molecule has 2 amide bonds. The number of rotatable bonds is 3. The van der Waals surface area contributed by atoms with E-state index in [0.717, 1.165) is 23.3 Å². The number of hydrogen-bond donors (Lipinski definition) is 1. The van der Waals surface area contributed by atoms with Crippen LogP contribution in [0.3, 0.4) is 0 Å². The van der Waals surface area contributed by atoms with Crippen molar-refractivity contribution in [1.82, 2.24) is 4.98 Å². The third-order valence-electron chi connectivity index (χ3n) is 4.88. The van der Waals surface area contributed by atoms with E-state index in [9.17, 15) is 18.4 Å². The first-order chi connectivity index (χ1) is 14.3. The van der Waals surface area contributed by atoms with Gasteiger partial charge in [0.15, 0.2) is 6.61 Å². The van der Waals surface area contributed by atoms with Gasteiger partial charge in [0.25, 0.3) is 11.8 Å². The number of aromatic nitrogens is 1. The minimum atomic E-state index is -0.940. The summed E-state index contributed by atoms with van der Waals surface area (Å²) in [4.78, 5) is 29.9. The Labute approximate surface area is 171 Å². The van der Waals surface area contributed by atoms with Gasteiger partial charge in [-0.2, -0.15) is 0 Å². The summed E-state index contributed by atoms with van der Waals surface area (Å²) in [5.74, 6) is -2.33. The van der Waals surface area contributed by atoms with Crippen LogP contribution in [-0.2, 0) is 4.79 Å². The molecule has 1 aromatic heterocycles. The maximum atomic E-state index is 13.8. The molecule has 0 unspecified atom stereocenters. The van der Waals surface area contributed by atoms with Crippen molar-refractivity contribution in [2.24, 2.45) is 0 Å². The molecule has 0 saturated carbocycles. The number of nitrogens with zero attached hydrogens (tertiary/aromatic N) is 2. The minimum absolute atomic E-state index is 0.0307. The zero-order valence-electron chi connectivity index (χ0n) is 16.2. The van der Waals surface area contributed by atoms with Gasteiger partial charge in [-0.15, -0.1) is 0 Å². The van der Waals surface area contributed by atoms with Crippen molar-refractivity contribution < 1.29 is 23.1 Å². The average molecular weight is 409 g/mol. The van der Waals surface area contributed by atoms with E-state index in [1.54, 1.807) is 24.1 Å². The fourth-order valence-corrected chi connectivity index (χ4v) is 3.23. The second kappa shape index (κ2) is 7.55. The van der Waals surface area contributed by atoms with Crippen LogP contribution >= 0.6 is 0 Å². The highest BCUT2D eigenvalue weighted by atomic mass is 19.1. The van der Waals surface area contributed by atoms with E-state index in [0.29, 0.717) is 22.8 Å². The highest BCUT2D eigenvalue weighted by Crippen LogP contribution is 2.37. The minimum Gasteiger partial charge on any atom is -0.482 e. The monoisotopic (exact) mass is 409 g/mol. The van der Waals surface area contributed by atoms with Crippen LogP contribution in [0.4, 0.5) is 20.2 Å². The number of aryl methyl sites for hydroxylation is 1. The van der Waals surface area contributed by atoms with E-state index >= 15 is 0 Å². The number of carbonyl (C=O) groups excluding carboxylic acids is 2. The van der Waals surface area contributed by atoms with E-state index in [2.05, 4.69) is 10.3 Å². The van der Waals surface area contributed by atoms with Gasteiger partial charge in [0, 0.05) is 12.6 Å². The predicted molar refractivity (Wildman–Crippen MR) is 108 cm³/mol. The second-order valence-corrected chi connectivity index (χ2v) is 6.86. The largest absolute Gasteiger partial charge is 0.482 e. The molecule has 152 valence electrons. The highest BCUT2D eigenvalue weighted by Gasteiger charge is 2.24. The molecule has 0 aliphatic carbocycles. The molecule has 30 heavy (non-hydrogen) atoms. The maximum absolute atomic E-state index is 13.8. The Morgan fingerprint density at radius 3 is 2.57 bits per heavy atom. The summed E-state index contributed by atoms with van der Waals surface area (Å²) in [5, 5.41) is 2.44. The van der Waals surface area contributed by atoms with E-state index in [4.69, 9.17) is 4.74 Å². The smallest absolute Gasteiger partial charge is 0.264 e. The Bertz CT molecular complexity index is 1140. The van der Waals surface area contributed by atoms with Crippen LogP contribution in [0.1, 0.15) is 15.9 Å². The molecule has 0 saturated heterocycles. The predicted octanol–water partition coefficient (Wildman–Crippen LogP) is 3.94. The molecule has 2 aromatic carbocycles. The van der Waals surface area contributed by atoms with Crippen LogP contribution in [0.2, 0.25) is 0 Å². The van der Waals surface area contributed by atoms with Gasteiger partial charge in [-0.1, -0.05) is 6.07 Å². The van der Waals surface area contributed by atoms with E-state index in [1.807, 2.05) is 19.1 Å². The summed E-state index contributed by atoms with van der Waals surface area (Å²) in [6, 6.07) is 10.2. The summed E-state index contributed by atoms with van der Waals surface area (Å²) in [6.07, 6.45) is 1.40. The van der Waals surface area contributed by atoms with Crippen LogP contribution in [0.15, 0.2) is 48.7 Å². The SMILES string of the molecule is Cc1cc2c(cc1-c1ccc(NC(=O)c3c(F)cccc3F)cn1)OCC(=O)N2C. The number of halogens is 2. The van der Waals surface area contributed by atoms with Crippen LogP contribution in [-0.4, -0.2) is 30.5 Å². The van der Waals surface area contributed by atoms with Crippen LogP contribution in [0.25, 0.3) is 11.3 Å². The lowest BCUT2D eigenvalue weighted by atomic mass is 10.0. The third-order valence-corrected chi connectivity index (χ3v) is 4.88. The summed E-state index contributed by atoms with van der Waals surface area (Å²) < 4.78 is 33.1. The van der Waals surface area contributed by atoms with Gasteiger partial charge in [0.1, 0.15) is 22.9 Å². The van der Waals surface area contributed by atoms with Crippen LogP contribution in [0, 0.1) is 18.6 Å². The molecule has 4 rings (SSSR count). The molecule has 2 heterocycles. The number of ether oxygens (including phenoxy) is 1. The zero-order chi connectivity index (χ0) is 21.4. The zero-order valence-corrected chi connectivity index (χ0v) is 16.2. The van der Waals surface area contributed by atoms with E-state index < -0.39 is 23.1 Å². The Hall–Kier alpha value is -3.81. The first kappa shape index (κ1) is 19.5. The van der Waals surface area contributed by atoms with Crippen molar-refractivity contribution in [3.8, 4) is 17.0 Å². The molecular weight excluding hydrogens is 392 g/mol. The number of hydrogen-bond acceptors (Lipinski definition) is 4. The van der Waals surface area contributed by atoms with Gasteiger partial charge in [0.05, 0.1) is 23.3 Å². The quantitative estimate of drug-likeness (QED) is 0.711. The fourth-order valence-electron chi connectivity index (χ4n) is 3.23. The van der Waals surface area contributed by atoms with Gasteiger partial charge in [0.2, 0.25) is 0 Å². The topological polar surface area (TPSA) is 71.5 Å². The molecule has 1 aliphatic rings. The van der Waals surface area contributed by atoms with Gasteiger partial charge in [-0.3, -0.25) is 14.6 Å². The van der Waals surface area contributed by atoms with Gasteiger partial charge >= 0.3 is 0 Å². The first-order valence-corrected chi connectivity index (χ1v) is 9.11. The van der Waals surface area contributed by atoms with Crippen molar-refractivity contribution in [3.05, 3.63) is 71.4 Å². The number of amides is 2. The summed E-state index contributed by atoms with van der Waals surface area (Å²) in [5.41, 5.74) is 2.63. The molecule has 0 radical (unpaired) electrons. The lowest BCUT2D eigenvalue weighted by Gasteiger charge is -2.27. The van der Waals surface area contributed by atoms with Gasteiger partial charge in [-0.25, -0.2) is 8.78 Å². The molecule has 0 fully saturated rings. The van der Waals surface area contributed by atoms with Crippen LogP contribution < -0.4 is 15.0 Å². The molecule has 1 N–H and O–H groups in total. The van der Waals surface area contributed by atoms with Crippen molar-refractivity contribution in [2.45, 2.75) is 6.92 Å². The molecule has 3 aromatic rings. The number of benzene rings is 2. The second-order valence-electron chi connectivity index (χ2n) is 6.86. The Morgan fingerprint density at radius 2 is 1.90 bits per heavy atom. The fraction of sp³-hybridized carbons (Fsp3) is 0.136. The van der Waals surface area contributed by atoms with Crippen molar-refractivity contribution >= 4 is 23.2 Å². The van der Waals surface area contributed by atoms with Crippen molar-refractivity contribution in [1.29, 1.82) is 0 Å². The number of likely N-dealkylation sites (N-methyl/N-ethyl adjacent to an activating group) is 1. The van der Waals surface area contributed by atoms with Gasteiger partial charge in [-0.05, 0) is 48.9 Å². The number of pyridine rings is 1. The highest BCUT2D eigenvalue weighted by molar-refractivity contribution is 6.04. The molecule has 0 bridgehead atoms. The molecule has 1 aliphatic heterocycles. The molecule has 0 spiro atoms. The van der Waals surface area contributed by atoms with Crippen LogP contribution in [0.5, 0.6) is 5.75 Å². The van der Waals surface area contributed by atoms with E-state index in [1.165, 1.54) is 12.3 Å². The number of fused-ring (bicyclic) bond motifs is 1. The standard InChI is InChI=1S/C22H17F2N3O3/c1-12-8-18-19(30-11-20(28)27(18)2)9-14(12)17-7-6-13(10-25-17)26-22(29)21-15(23)4-3-5-16(21)24/h3-10H,11H2,1-2H3,(H,26,29). The molecular formula is C22H17F2N3O3. The Morgan fingerprint density at radius 1 is 1.17 bits per heavy atom. The first-order valence-electron chi connectivity index (χ1n) is 9.11. The average Bonchev–Trinajstić information content (AvgIpc) is 2.71. The number of carbonyl (C=O) groups is 2. The lowest BCUT2D eigenvalue weighted by Crippen LogP contribution is -2.35. The molecule has 8 heteroatoms. The Balaban J connectivity index is 1.59. The lowest BCUT2D eigenvalue weighted by molar-refractivity contribution is -0.120. The number of nitrogens with one attached hydrogen (secondary N) is 1. The Kier molecular flexibility index (Phi) is 4.91. The normalized spacial score (nSPS) is 12.9. The maximum Gasteiger partial charge on any atom is 0.264 e. The summed E-state index contributed by atoms with van der Waals surface area (Å²) >= 11 is 0. The summed E-state index contributed by atoms with van der Waals surface area (Å²) in [7, 11) is 1.69. The third kappa shape index (κ3) is 3.47. The summed E-state index contributed by atoms with van der Waals surface area (Å²) in [6.45, 7) is 1.86. The molecule has 6 nitrogen and oxygen atoms in total.